The maximum Gasteiger partial charge on any atom is 0.327 e. The number of carboxylic acid groups (broad SMARTS) is 1. The summed E-state index contributed by atoms with van der Waals surface area (Å²) in [6, 6.07) is 2.35. The van der Waals surface area contributed by atoms with Crippen molar-refractivity contribution < 1.29 is 28.9 Å². The molecule has 1 amide bonds. The first kappa shape index (κ1) is 15.9. The molecule has 2 atom stereocenters. The van der Waals surface area contributed by atoms with Crippen LogP contribution in [0.2, 0.25) is 0 Å². The molecular formula is C15H19NO6. The highest BCUT2D eigenvalue weighted by atomic mass is 16.5. The molecule has 0 radical (unpaired) electrons. The average molecular weight is 309 g/mol. The van der Waals surface area contributed by atoms with E-state index in [1.165, 1.54) is 33.3 Å². The average Bonchev–Trinajstić information content (AvgIpc) is 2.80. The number of carboxylic acids is 1. The molecule has 7 nitrogen and oxygen atoms in total. The van der Waals surface area contributed by atoms with Crippen LogP contribution in [0.25, 0.3) is 0 Å². The molecule has 2 unspecified atom stereocenters. The molecule has 1 aromatic rings. The standard InChI is InChI=1S/C15H19NO6/c1-16-12(17)7-9(14(16)15(18)19)13-10(21-3)5-8(20-2)6-11(13)22-4/h5-6,9,14H,7H2,1-4H3,(H,18,19). The molecule has 1 heterocycles. The maximum atomic E-state index is 12.0. The zero-order valence-electron chi connectivity index (χ0n) is 13.0. The summed E-state index contributed by atoms with van der Waals surface area (Å²) < 4.78 is 15.9. The van der Waals surface area contributed by atoms with E-state index in [0.717, 1.165) is 0 Å². The lowest BCUT2D eigenvalue weighted by atomic mass is 9.89. The molecule has 1 aromatic carbocycles. The zero-order chi connectivity index (χ0) is 16.4. The van der Waals surface area contributed by atoms with Gasteiger partial charge in [0.05, 0.1) is 21.3 Å². The number of methoxy groups -OCH3 is 3. The smallest absolute Gasteiger partial charge is 0.327 e. The summed E-state index contributed by atoms with van der Waals surface area (Å²) in [4.78, 5) is 24.8. The van der Waals surface area contributed by atoms with Crippen LogP contribution in [0.5, 0.6) is 17.2 Å². The first-order valence-corrected chi connectivity index (χ1v) is 6.73. The topological polar surface area (TPSA) is 85.3 Å². The van der Waals surface area contributed by atoms with Crippen LogP contribution in [0.1, 0.15) is 17.9 Å². The Morgan fingerprint density at radius 2 is 1.73 bits per heavy atom. The number of rotatable bonds is 5. The predicted octanol–water partition coefficient (Wildman–Crippen LogP) is 1.11. The first-order chi connectivity index (χ1) is 10.4. The minimum absolute atomic E-state index is 0.0898. The molecule has 1 aliphatic heterocycles. The number of nitrogens with zero attached hydrogens (tertiary/aromatic N) is 1. The van der Waals surface area contributed by atoms with E-state index in [-0.39, 0.29) is 12.3 Å². The van der Waals surface area contributed by atoms with Gasteiger partial charge in [-0.1, -0.05) is 0 Å². The second-order valence-electron chi connectivity index (χ2n) is 5.04. The molecule has 0 spiro atoms. The van der Waals surface area contributed by atoms with Crippen molar-refractivity contribution in [1.82, 2.24) is 4.90 Å². The van der Waals surface area contributed by atoms with E-state index in [1.807, 2.05) is 0 Å². The van der Waals surface area contributed by atoms with Crippen molar-refractivity contribution in [2.75, 3.05) is 28.4 Å². The predicted molar refractivity (Wildman–Crippen MR) is 77.6 cm³/mol. The van der Waals surface area contributed by atoms with Gasteiger partial charge in [-0.25, -0.2) is 4.79 Å². The highest BCUT2D eigenvalue weighted by molar-refractivity contribution is 5.90. The number of carbonyl (C=O) groups excluding carboxylic acids is 1. The molecule has 1 aliphatic rings. The van der Waals surface area contributed by atoms with Gasteiger partial charge in [0, 0.05) is 37.1 Å². The monoisotopic (exact) mass is 309 g/mol. The molecule has 22 heavy (non-hydrogen) atoms. The van der Waals surface area contributed by atoms with Gasteiger partial charge in [0.1, 0.15) is 23.3 Å². The number of amides is 1. The molecule has 1 saturated heterocycles. The molecule has 1 fully saturated rings. The number of carbonyl (C=O) groups is 2. The van der Waals surface area contributed by atoms with Gasteiger partial charge in [-0.3, -0.25) is 4.79 Å². The molecule has 120 valence electrons. The molecule has 0 saturated carbocycles. The second-order valence-corrected chi connectivity index (χ2v) is 5.04. The maximum absolute atomic E-state index is 12.0. The summed E-state index contributed by atoms with van der Waals surface area (Å²) in [5.41, 5.74) is 0.566. The van der Waals surface area contributed by atoms with Gasteiger partial charge < -0.3 is 24.2 Å². The molecule has 1 N–H and O–H groups in total. The number of hydrogen-bond acceptors (Lipinski definition) is 5. The van der Waals surface area contributed by atoms with Crippen LogP contribution >= 0.6 is 0 Å². The van der Waals surface area contributed by atoms with Crippen molar-refractivity contribution in [2.24, 2.45) is 0 Å². The Kier molecular flexibility index (Phi) is 4.44. The van der Waals surface area contributed by atoms with E-state index >= 15 is 0 Å². The summed E-state index contributed by atoms with van der Waals surface area (Å²) >= 11 is 0. The van der Waals surface area contributed by atoms with Crippen molar-refractivity contribution in [2.45, 2.75) is 18.4 Å². The lowest BCUT2D eigenvalue weighted by Crippen LogP contribution is -2.38. The van der Waals surface area contributed by atoms with Crippen LogP contribution in [-0.2, 0) is 9.59 Å². The third-order valence-corrected chi connectivity index (χ3v) is 3.96. The Morgan fingerprint density at radius 1 is 1.18 bits per heavy atom. The fraction of sp³-hybridized carbons (Fsp3) is 0.467. The largest absolute Gasteiger partial charge is 0.496 e. The van der Waals surface area contributed by atoms with Gasteiger partial charge in [0.15, 0.2) is 0 Å². The first-order valence-electron chi connectivity index (χ1n) is 6.73. The lowest BCUT2D eigenvalue weighted by Gasteiger charge is -2.24. The molecule has 0 bridgehead atoms. The summed E-state index contributed by atoms with van der Waals surface area (Å²) in [5.74, 6) is -0.422. The number of likely N-dealkylation sites (N-methyl/N-ethyl adjacent to an activating group) is 1. The van der Waals surface area contributed by atoms with Gasteiger partial charge in [0.25, 0.3) is 0 Å². The highest BCUT2D eigenvalue weighted by Crippen LogP contribution is 2.45. The van der Waals surface area contributed by atoms with Crippen LogP contribution < -0.4 is 14.2 Å². The van der Waals surface area contributed by atoms with Crippen LogP contribution in [0.4, 0.5) is 0 Å². The molecular weight excluding hydrogens is 290 g/mol. The van der Waals surface area contributed by atoms with E-state index in [1.54, 1.807) is 12.1 Å². The summed E-state index contributed by atoms with van der Waals surface area (Å²) in [6.07, 6.45) is 0.0898. The molecule has 0 aliphatic carbocycles. The molecule has 0 aromatic heterocycles. The van der Waals surface area contributed by atoms with E-state index in [0.29, 0.717) is 22.8 Å². The Morgan fingerprint density at radius 3 is 2.14 bits per heavy atom. The third-order valence-electron chi connectivity index (χ3n) is 3.96. The van der Waals surface area contributed by atoms with Crippen LogP contribution in [0, 0.1) is 0 Å². The fourth-order valence-electron chi connectivity index (χ4n) is 2.86. The SMILES string of the molecule is COc1cc(OC)c(C2CC(=O)N(C)C2C(=O)O)c(OC)c1. The van der Waals surface area contributed by atoms with Gasteiger partial charge in [-0.2, -0.15) is 0 Å². The highest BCUT2D eigenvalue weighted by Gasteiger charge is 2.45. The van der Waals surface area contributed by atoms with Crippen LogP contribution in [0.15, 0.2) is 12.1 Å². The Balaban J connectivity index is 2.59. The van der Waals surface area contributed by atoms with Crippen molar-refractivity contribution in [3.63, 3.8) is 0 Å². The number of benzene rings is 1. The number of likely N-dealkylation sites (tertiary alicyclic amines) is 1. The third kappa shape index (κ3) is 2.54. The normalized spacial score (nSPS) is 20.9. The zero-order valence-corrected chi connectivity index (χ0v) is 13.0. The summed E-state index contributed by atoms with van der Waals surface area (Å²) in [5, 5.41) is 9.46. The van der Waals surface area contributed by atoms with Gasteiger partial charge >= 0.3 is 5.97 Å². The van der Waals surface area contributed by atoms with E-state index < -0.39 is 17.9 Å². The van der Waals surface area contributed by atoms with Crippen molar-refractivity contribution in [1.29, 1.82) is 0 Å². The van der Waals surface area contributed by atoms with E-state index in [9.17, 15) is 14.7 Å². The Labute approximate surface area is 128 Å². The van der Waals surface area contributed by atoms with Gasteiger partial charge in [-0.05, 0) is 0 Å². The number of hydrogen-bond donors (Lipinski definition) is 1. The summed E-state index contributed by atoms with van der Waals surface area (Å²) in [6.45, 7) is 0. The number of ether oxygens (including phenoxy) is 3. The molecule has 7 heteroatoms. The minimum atomic E-state index is -1.06. The molecule has 2 rings (SSSR count). The fourth-order valence-corrected chi connectivity index (χ4v) is 2.86. The minimum Gasteiger partial charge on any atom is -0.496 e. The van der Waals surface area contributed by atoms with E-state index in [4.69, 9.17) is 14.2 Å². The van der Waals surface area contributed by atoms with E-state index in [2.05, 4.69) is 0 Å². The van der Waals surface area contributed by atoms with Crippen molar-refractivity contribution in [3.8, 4) is 17.2 Å². The van der Waals surface area contributed by atoms with Gasteiger partial charge in [-0.15, -0.1) is 0 Å². The summed E-state index contributed by atoms with van der Waals surface area (Å²) in [7, 11) is 5.96. The van der Waals surface area contributed by atoms with Crippen molar-refractivity contribution in [3.05, 3.63) is 17.7 Å². The van der Waals surface area contributed by atoms with Crippen molar-refractivity contribution >= 4 is 11.9 Å². The lowest BCUT2D eigenvalue weighted by molar-refractivity contribution is -0.145. The Bertz CT molecular complexity index is 575. The number of aliphatic carboxylic acids is 1. The Hall–Kier alpha value is -2.44. The second kappa shape index (κ2) is 6.13. The quantitative estimate of drug-likeness (QED) is 0.877. The van der Waals surface area contributed by atoms with Crippen LogP contribution in [0.3, 0.4) is 0 Å². The van der Waals surface area contributed by atoms with Crippen LogP contribution in [-0.4, -0.2) is 56.3 Å². The van der Waals surface area contributed by atoms with Gasteiger partial charge in [0.2, 0.25) is 5.91 Å².